The van der Waals surface area contributed by atoms with Gasteiger partial charge in [0.15, 0.2) is 0 Å². The van der Waals surface area contributed by atoms with Crippen molar-refractivity contribution in [2.75, 3.05) is 6.54 Å². The maximum Gasteiger partial charge on any atom is 0.126 e. The first-order valence-corrected chi connectivity index (χ1v) is 5.03. The molecule has 1 rings (SSSR count). The molecule has 0 spiro atoms. The molecule has 0 bridgehead atoms. The quantitative estimate of drug-likeness (QED) is 0.788. The number of halogens is 1. The summed E-state index contributed by atoms with van der Waals surface area (Å²) < 4.78 is 13.4. The van der Waals surface area contributed by atoms with Gasteiger partial charge in [-0.2, -0.15) is 0 Å². The van der Waals surface area contributed by atoms with Crippen molar-refractivity contribution < 1.29 is 4.39 Å². The molecule has 78 valence electrons. The molecule has 0 saturated heterocycles. The molecule has 1 aromatic carbocycles. The van der Waals surface area contributed by atoms with Crippen LogP contribution in [0.1, 0.15) is 36.0 Å². The van der Waals surface area contributed by atoms with E-state index in [2.05, 4.69) is 13.0 Å². The van der Waals surface area contributed by atoms with Gasteiger partial charge in [-0.25, -0.2) is 4.39 Å². The van der Waals surface area contributed by atoms with Gasteiger partial charge in [0.1, 0.15) is 5.82 Å². The lowest BCUT2D eigenvalue weighted by molar-refractivity contribution is 0.603. The largest absolute Gasteiger partial charge is 0.330 e. The summed E-state index contributed by atoms with van der Waals surface area (Å²) >= 11 is 0. The van der Waals surface area contributed by atoms with Gasteiger partial charge >= 0.3 is 0 Å². The Balaban J connectivity index is 3.07. The summed E-state index contributed by atoms with van der Waals surface area (Å²) in [7, 11) is 0. The highest BCUT2D eigenvalue weighted by Crippen LogP contribution is 2.25. The van der Waals surface area contributed by atoms with Crippen molar-refractivity contribution in [1.29, 1.82) is 0 Å². The molecule has 1 nitrogen and oxygen atoms in total. The summed E-state index contributed by atoms with van der Waals surface area (Å²) in [4.78, 5) is 0. The number of nitrogens with two attached hydrogens (primary N) is 1. The van der Waals surface area contributed by atoms with Crippen LogP contribution in [0.5, 0.6) is 0 Å². The molecule has 0 radical (unpaired) electrons. The first-order valence-electron chi connectivity index (χ1n) is 5.03. The van der Waals surface area contributed by atoms with Crippen LogP contribution >= 0.6 is 0 Å². The second kappa shape index (κ2) is 4.56. The summed E-state index contributed by atoms with van der Waals surface area (Å²) in [5, 5.41) is 0. The van der Waals surface area contributed by atoms with Crippen LogP contribution in [0.15, 0.2) is 12.1 Å². The smallest absolute Gasteiger partial charge is 0.126 e. The van der Waals surface area contributed by atoms with Gasteiger partial charge < -0.3 is 5.73 Å². The van der Waals surface area contributed by atoms with Gasteiger partial charge in [-0.1, -0.05) is 13.0 Å². The summed E-state index contributed by atoms with van der Waals surface area (Å²) in [6.45, 7) is 6.49. The highest BCUT2D eigenvalue weighted by molar-refractivity contribution is 5.34. The van der Waals surface area contributed by atoms with Crippen LogP contribution in [0.2, 0.25) is 0 Å². The number of rotatable bonds is 3. The standard InChI is InChI=1S/C12H18FN/c1-8-6-11(9(2)4-5-14)10(3)12(13)7-8/h6-7,9H,4-5,14H2,1-3H3. The molecule has 1 atom stereocenters. The van der Waals surface area contributed by atoms with E-state index in [0.717, 1.165) is 23.1 Å². The van der Waals surface area contributed by atoms with Crippen LogP contribution in [0.3, 0.4) is 0 Å². The molecular formula is C12H18FN. The van der Waals surface area contributed by atoms with E-state index < -0.39 is 0 Å². The lowest BCUT2D eigenvalue weighted by Gasteiger charge is -2.15. The van der Waals surface area contributed by atoms with Crippen molar-refractivity contribution in [3.63, 3.8) is 0 Å². The van der Waals surface area contributed by atoms with E-state index in [1.165, 1.54) is 0 Å². The Morgan fingerprint density at radius 1 is 1.36 bits per heavy atom. The SMILES string of the molecule is Cc1cc(F)c(C)c(C(C)CCN)c1. The number of hydrogen-bond donors (Lipinski definition) is 1. The summed E-state index contributed by atoms with van der Waals surface area (Å²) in [6.07, 6.45) is 0.906. The average Bonchev–Trinajstić information content (AvgIpc) is 2.11. The van der Waals surface area contributed by atoms with Gasteiger partial charge in [-0.3, -0.25) is 0 Å². The predicted octanol–water partition coefficient (Wildman–Crippen LogP) is 2.89. The first kappa shape index (κ1) is 11.2. The Morgan fingerprint density at radius 2 is 2.00 bits per heavy atom. The molecule has 1 unspecified atom stereocenters. The molecule has 2 N–H and O–H groups in total. The minimum atomic E-state index is -0.108. The molecule has 0 heterocycles. The molecule has 1 aromatic rings. The molecular weight excluding hydrogens is 177 g/mol. The highest BCUT2D eigenvalue weighted by atomic mass is 19.1. The Labute approximate surface area is 85.1 Å². The number of aryl methyl sites for hydroxylation is 1. The fraction of sp³-hybridized carbons (Fsp3) is 0.500. The van der Waals surface area contributed by atoms with E-state index in [4.69, 9.17) is 5.73 Å². The third-order valence-corrected chi connectivity index (χ3v) is 2.66. The lowest BCUT2D eigenvalue weighted by atomic mass is 9.92. The zero-order valence-electron chi connectivity index (χ0n) is 9.10. The minimum Gasteiger partial charge on any atom is -0.330 e. The van der Waals surface area contributed by atoms with Crippen molar-refractivity contribution >= 4 is 0 Å². The number of benzene rings is 1. The molecule has 0 fully saturated rings. The third kappa shape index (κ3) is 2.32. The van der Waals surface area contributed by atoms with Gasteiger partial charge in [0.25, 0.3) is 0 Å². The Bertz CT molecular complexity index is 320. The Hall–Kier alpha value is -0.890. The molecule has 14 heavy (non-hydrogen) atoms. The molecule has 0 amide bonds. The van der Waals surface area contributed by atoms with E-state index in [1.807, 2.05) is 13.8 Å². The van der Waals surface area contributed by atoms with Crippen LogP contribution in [-0.4, -0.2) is 6.54 Å². The molecule has 0 aromatic heterocycles. The van der Waals surface area contributed by atoms with Crippen LogP contribution in [-0.2, 0) is 0 Å². The first-order chi connectivity index (χ1) is 6.56. The Kier molecular flexibility index (Phi) is 3.64. The second-order valence-electron chi connectivity index (χ2n) is 3.94. The zero-order chi connectivity index (χ0) is 10.7. The maximum absolute atomic E-state index is 13.4. The van der Waals surface area contributed by atoms with Gasteiger partial charge in [0.2, 0.25) is 0 Å². The van der Waals surface area contributed by atoms with Crippen LogP contribution in [0, 0.1) is 19.7 Å². The van der Waals surface area contributed by atoms with E-state index in [0.29, 0.717) is 12.5 Å². The molecule has 0 saturated carbocycles. The zero-order valence-corrected chi connectivity index (χ0v) is 9.10. The van der Waals surface area contributed by atoms with Gasteiger partial charge in [0, 0.05) is 0 Å². The van der Waals surface area contributed by atoms with Gasteiger partial charge in [-0.15, -0.1) is 0 Å². The second-order valence-corrected chi connectivity index (χ2v) is 3.94. The van der Waals surface area contributed by atoms with Gasteiger partial charge in [-0.05, 0) is 55.5 Å². The van der Waals surface area contributed by atoms with Gasteiger partial charge in [0.05, 0.1) is 0 Å². The van der Waals surface area contributed by atoms with E-state index in [-0.39, 0.29) is 5.82 Å². The van der Waals surface area contributed by atoms with E-state index in [1.54, 1.807) is 6.07 Å². The van der Waals surface area contributed by atoms with Crippen molar-refractivity contribution in [3.8, 4) is 0 Å². The van der Waals surface area contributed by atoms with Crippen molar-refractivity contribution in [2.24, 2.45) is 5.73 Å². The normalized spacial score (nSPS) is 12.9. The predicted molar refractivity (Wildman–Crippen MR) is 58.0 cm³/mol. The molecule has 2 heteroatoms. The van der Waals surface area contributed by atoms with Crippen molar-refractivity contribution in [2.45, 2.75) is 33.1 Å². The highest BCUT2D eigenvalue weighted by Gasteiger charge is 2.11. The fourth-order valence-electron chi connectivity index (χ4n) is 1.76. The van der Waals surface area contributed by atoms with Crippen LogP contribution < -0.4 is 5.73 Å². The molecule has 0 aliphatic rings. The topological polar surface area (TPSA) is 26.0 Å². The van der Waals surface area contributed by atoms with Crippen molar-refractivity contribution in [3.05, 3.63) is 34.6 Å². The summed E-state index contributed by atoms with van der Waals surface area (Å²) in [5.41, 5.74) is 8.33. The van der Waals surface area contributed by atoms with Crippen LogP contribution in [0.4, 0.5) is 4.39 Å². The molecule has 0 aliphatic heterocycles. The number of hydrogen-bond acceptors (Lipinski definition) is 1. The average molecular weight is 195 g/mol. The minimum absolute atomic E-state index is 0.108. The maximum atomic E-state index is 13.4. The van der Waals surface area contributed by atoms with Crippen molar-refractivity contribution in [1.82, 2.24) is 0 Å². The fourth-order valence-corrected chi connectivity index (χ4v) is 1.76. The summed E-state index contributed by atoms with van der Waals surface area (Å²) in [5.74, 6) is 0.235. The van der Waals surface area contributed by atoms with E-state index >= 15 is 0 Å². The third-order valence-electron chi connectivity index (χ3n) is 2.66. The van der Waals surface area contributed by atoms with E-state index in [9.17, 15) is 4.39 Å². The lowest BCUT2D eigenvalue weighted by Crippen LogP contribution is -2.07. The summed E-state index contributed by atoms with van der Waals surface area (Å²) in [6, 6.07) is 3.63. The monoisotopic (exact) mass is 195 g/mol. The molecule has 0 aliphatic carbocycles. The Morgan fingerprint density at radius 3 is 2.57 bits per heavy atom. The van der Waals surface area contributed by atoms with Crippen LogP contribution in [0.25, 0.3) is 0 Å².